The predicted octanol–water partition coefficient (Wildman–Crippen LogP) is 2.73. The molecule has 2 N–H and O–H groups in total. The Morgan fingerprint density at radius 3 is 2.71 bits per heavy atom. The summed E-state index contributed by atoms with van der Waals surface area (Å²) >= 11 is 0. The minimum Gasteiger partial charge on any atom is -0.398 e. The summed E-state index contributed by atoms with van der Waals surface area (Å²) in [5.74, 6) is 0. The normalized spacial score (nSPS) is 17.6. The van der Waals surface area contributed by atoms with Crippen molar-refractivity contribution >= 4 is 17.8 Å². The van der Waals surface area contributed by atoms with Crippen LogP contribution in [-0.2, 0) is 0 Å². The molecule has 2 nitrogen and oxygen atoms in total. The van der Waals surface area contributed by atoms with E-state index < -0.39 is 0 Å². The number of pyridine rings is 1. The average Bonchev–Trinajstić information content (AvgIpc) is 2.27. The molecule has 1 aliphatic carbocycles. The molecule has 72 valence electrons. The molecule has 0 amide bonds. The molecule has 0 radical (unpaired) electrons. The number of anilines is 1. The molecule has 2 heteroatoms. The summed E-state index contributed by atoms with van der Waals surface area (Å²) in [4.78, 5) is 4.29. The van der Waals surface area contributed by atoms with E-state index in [0.29, 0.717) is 0 Å². The van der Waals surface area contributed by atoms with E-state index in [9.17, 15) is 0 Å². The molecule has 0 unspecified atom stereocenters. The lowest BCUT2D eigenvalue weighted by Crippen LogP contribution is -2.00. The summed E-state index contributed by atoms with van der Waals surface area (Å²) in [6.07, 6.45) is 10.1. The van der Waals surface area contributed by atoms with Crippen LogP contribution in [0.4, 0.5) is 5.69 Å². The number of rotatable bonds is 0. The highest BCUT2D eigenvalue weighted by Crippen LogP contribution is 2.28. The van der Waals surface area contributed by atoms with Crippen LogP contribution in [0.5, 0.6) is 0 Å². The summed E-state index contributed by atoms with van der Waals surface area (Å²) in [6, 6.07) is 1.83. The van der Waals surface area contributed by atoms with Crippen molar-refractivity contribution in [2.45, 2.75) is 13.8 Å². The molecular weight excluding hydrogens is 172 g/mol. The first kappa shape index (κ1) is 9.00. The van der Waals surface area contributed by atoms with E-state index in [-0.39, 0.29) is 5.41 Å². The van der Waals surface area contributed by atoms with Crippen LogP contribution in [0.1, 0.15) is 25.1 Å². The monoisotopic (exact) mass is 186 g/mol. The Balaban J connectivity index is 2.60. The lowest BCUT2D eigenvalue weighted by Gasteiger charge is -2.11. The van der Waals surface area contributed by atoms with Crippen LogP contribution in [0.25, 0.3) is 12.2 Å². The molecule has 1 heterocycles. The molecule has 0 saturated carbocycles. The van der Waals surface area contributed by atoms with Gasteiger partial charge in [0.25, 0.3) is 0 Å². The smallest absolute Gasteiger partial charge is 0.0719 e. The van der Waals surface area contributed by atoms with Gasteiger partial charge in [-0.15, -0.1) is 0 Å². The largest absolute Gasteiger partial charge is 0.398 e. The number of hydrogen-bond donors (Lipinski definition) is 1. The van der Waals surface area contributed by atoms with Gasteiger partial charge < -0.3 is 5.73 Å². The molecule has 0 saturated heterocycles. The first-order valence-electron chi connectivity index (χ1n) is 4.71. The number of nitrogens with zero attached hydrogens (tertiary/aromatic N) is 1. The zero-order chi connectivity index (χ0) is 10.2. The fraction of sp³-hybridized carbons (Fsp3) is 0.250. The molecular formula is C12H14N2. The summed E-state index contributed by atoms with van der Waals surface area (Å²) in [5.41, 5.74) is 8.71. The quantitative estimate of drug-likeness (QED) is 0.676. The Bertz CT molecular complexity index is 414. The second-order valence-corrected chi connectivity index (χ2v) is 4.19. The highest BCUT2D eigenvalue weighted by molar-refractivity contribution is 5.74. The van der Waals surface area contributed by atoms with Gasteiger partial charge in [0.1, 0.15) is 0 Å². The topological polar surface area (TPSA) is 38.9 Å². The summed E-state index contributed by atoms with van der Waals surface area (Å²) < 4.78 is 0. The van der Waals surface area contributed by atoms with Crippen molar-refractivity contribution in [3.05, 3.63) is 35.7 Å². The molecule has 2 rings (SSSR count). The number of allylic oxidation sites excluding steroid dienone is 2. The summed E-state index contributed by atoms with van der Waals surface area (Å²) in [7, 11) is 0. The molecule has 1 aromatic heterocycles. The number of hydrogen-bond acceptors (Lipinski definition) is 2. The second kappa shape index (κ2) is 2.98. The molecule has 1 aromatic rings. The van der Waals surface area contributed by atoms with Crippen molar-refractivity contribution < 1.29 is 0 Å². The Morgan fingerprint density at radius 1 is 1.21 bits per heavy atom. The highest BCUT2D eigenvalue weighted by atomic mass is 14.7. The maximum Gasteiger partial charge on any atom is 0.0719 e. The van der Waals surface area contributed by atoms with Gasteiger partial charge in [0, 0.05) is 22.9 Å². The van der Waals surface area contributed by atoms with Crippen molar-refractivity contribution in [2.24, 2.45) is 5.41 Å². The lowest BCUT2D eigenvalue weighted by molar-refractivity contribution is 0.633. The third-order valence-electron chi connectivity index (χ3n) is 2.40. The third kappa shape index (κ3) is 1.55. The molecule has 0 spiro atoms. The Labute approximate surface area is 84.2 Å². The Kier molecular flexibility index (Phi) is 1.92. The van der Waals surface area contributed by atoms with Gasteiger partial charge in [-0.3, -0.25) is 4.98 Å². The van der Waals surface area contributed by atoms with Crippen molar-refractivity contribution in [1.82, 2.24) is 4.98 Å². The number of fused-ring (bicyclic) bond motifs is 1. The standard InChI is InChI=1S/C12H14N2/c1-12(2)6-3-9-10(13)5-8-14-11(9)4-7-12/h3-8H,1-2H3,(H2,13,14). The second-order valence-electron chi connectivity index (χ2n) is 4.19. The fourth-order valence-electron chi connectivity index (χ4n) is 1.47. The summed E-state index contributed by atoms with van der Waals surface area (Å²) in [5, 5.41) is 0. The van der Waals surface area contributed by atoms with Gasteiger partial charge in [-0.2, -0.15) is 0 Å². The van der Waals surface area contributed by atoms with E-state index in [1.165, 1.54) is 0 Å². The van der Waals surface area contributed by atoms with E-state index in [0.717, 1.165) is 16.9 Å². The number of nitrogen functional groups attached to an aromatic ring is 1. The minimum atomic E-state index is 0.0765. The van der Waals surface area contributed by atoms with E-state index >= 15 is 0 Å². The molecule has 0 fully saturated rings. The summed E-state index contributed by atoms with van der Waals surface area (Å²) in [6.45, 7) is 4.31. The van der Waals surface area contributed by atoms with Gasteiger partial charge in [0.05, 0.1) is 5.69 Å². The maximum atomic E-state index is 5.87. The first-order valence-corrected chi connectivity index (χ1v) is 4.71. The van der Waals surface area contributed by atoms with E-state index in [1.807, 2.05) is 12.1 Å². The maximum absolute atomic E-state index is 5.87. The van der Waals surface area contributed by atoms with Crippen LogP contribution in [0.3, 0.4) is 0 Å². The van der Waals surface area contributed by atoms with Gasteiger partial charge in [0.15, 0.2) is 0 Å². The molecule has 0 aliphatic heterocycles. The predicted molar refractivity (Wildman–Crippen MR) is 60.5 cm³/mol. The van der Waals surface area contributed by atoms with Crippen molar-refractivity contribution in [3.8, 4) is 0 Å². The molecule has 0 aromatic carbocycles. The average molecular weight is 186 g/mol. The van der Waals surface area contributed by atoms with E-state index in [2.05, 4.69) is 37.1 Å². The van der Waals surface area contributed by atoms with Gasteiger partial charge >= 0.3 is 0 Å². The van der Waals surface area contributed by atoms with Crippen LogP contribution in [0.2, 0.25) is 0 Å². The van der Waals surface area contributed by atoms with Crippen LogP contribution in [-0.4, -0.2) is 4.98 Å². The Hall–Kier alpha value is -1.57. The van der Waals surface area contributed by atoms with Gasteiger partial charge in [0.2, 0.25) is 0 Å². The molecule has 14 heavy (non-hydrogen) atoms. The molecule has 1 aliphatic rings. The van der Waals surface area contributed by atoms with E-state index in [4.69, 9.17) is 5.73 Å². The van der Waals surface area contributed by atoms with Gasteiger partial charge in [-0.1, -0.05) is 32.1 Å². The van der Waals surface area contributed by atoms with Gasteiger partial charge in [-0.05, 0) is 12.1 Å². The van der Waals surface area contributed by atoms with Crippen LogP contribution < -0.4 is 5.73 Å². The molecule has 0 bridgehead atoms. The van der Waals surface area contributed by atoms with Crippen LogP contribution >= 0.6 is 0 Å². The van der Waals surface area contributed by atoms with Crippen molar-refractivity contribution in [1.29, 1.82) is 0 Å². The number of aromatic nitrogens is 1. The third-order valence-corrected chi connectivity index (χ3v) is 2.40. The Morgan fingerprint density at radius 2 is 1.93 bits per heavy atom. The van der Waals surface area contributed by atoms with Crippen molar-refractivity contribution in [2.75, 3.05) is 5.73 Å². The fourth-order valence-corrected chi connectivity index (χ4v) is 1.47. The zero-order valence-corrected chi connectivity index (χ0v) is 8.49. The molecule has 0 atom stereocenters. The number of nitrogens with two attached hydrogens (primary N) is 1. The zero-order valence-electron chi connectivity index (χ0n) is 8.49. The lowest BCUT2D eigenvalue weighted by atomic mass is 9.93. The van der Waals surface area contributed by atoms with Gasteiger partial charge in [-0.25, -0.2) is 0 Å². The highest BCUT2D eigenvalue weighted by Gasteiger charge is 2.13. The minimum absolute atomic E-state index is 0.0765. The van der Waals surface area contributed by atoms with Crippen LogP contribution in [0.15, 0.2) is 24.4 Å². The SMILES string of the molecule is CC1(C)C=Cc2nccc(N)c2C=C1. The van der Waals surface area contributed by atoms with Crippen LogP contribution in [0, 0.1) is 5.41 Å². The first-order chi connectivity index (χ1) is 6.58. The van der Waals surface area contributed by atoms with Crippen molar-refractivity contribution in [3.63, 3.8) is 0 Å². The van der Waals surface area contributed by atoms with E-state index in [1.54, 1.807) is 6.20 Å².